The second kappa shape index (κ2) is 7.39. The summed E-state index contributed by atoms with van der Waals surface area (Å²) in [5.41, 5.74) is 0. The van der Waals surface area contributed by atoms with Crippen LogP contribution in [-0.4, -0.2) is 47.6 Å². The number of ether oxygens (including phenoxy) is 1. The lowest BCUT2D eigenvalue weighted by atomic mass is 10.2. The molecule has 19 heavy (non-hydrogen) atoms. The Hall–Kier alpha value is 0.360. The van der Waals surface area contributed by atoms with Gasteiger partial charge < -0.3 is 4.74 Å². The van der Waals surface area contributed by atoms with Crippen LogP contribution in [0.5, 0.6) is 0 Å². The largest absolute Gasteiger partial charge is 0.360 e. The lowest BCUT2D eigenvalue weighted by Crippen LogP contribution is -2.51. The third kappa shape index (κ3) is 4.69. The van der Waals surface area contributed by atoms with Crippen LogP contribution in [-0.2, 0) is 4.74 Å². The normalized spacial score (nSPS) is 17.1. The Morgan fingerprint density at radius 1 is 0.737 bits per heavy atom. The van der Waals surface area contributed by atoms with Crippen molar-refractivity contribution in [2.45, 2.75) is 36.9 Å². The molecule has 0 spiro atoms. The van der Waals surface area contributed by atoms with Gasteiger partial charge in [-0.25, -0.2) is 17.6 Å². The minimum Gasteiger partial charge on any atom is -0.360 e. The van der Waals surface area contributed by atoms with E-state index in [0.29, 0.717) is 0 Å². The first-order valence-electron chi connectivity index (χ1n) is 4.61. The highest BCUT2D eigenvalue weighted by molar-refractivity contribution is 9.09. The molecule has 0 saturated carbocycles. The van der Waals surface area contributed by atoms with E-state index in [-0.39, 0.29) is 0 Å². The zero-order valence-corrected chi connectivity index (χ0v) is 12.1. The fourth-order valence-electron chi connectivity index (χ4n) is 0.939. The standard InChI is InChI=1S/C8H8Br2F8O/c9-1-3(7(15,16)5(11)12)19-4(2-10)8(17,18)6(13)14/h3-6H,1-2H2. The highest BCUT2D eigenvalue weighted by atomic mass is 79.9. The van der Waals surface area contributed by atoms with Crippen molar-refractivity contribution >= 4 is 31.9 Å². The van der Waals surface area contributed by atoms with Gasteiger partial charge in [-0.15, -0.1) is 0 Å². The van der Waals surface area contributed by atoms with Crippen molar-refractivity contribution < 1.29 is 39.9 Å². The van der Waals surface area contributed by atoms with Crippen LogP contribution in [0.4, 0.5) is 35.1 Å². The maximum absolute atomic E-state index is 12.9. The van der Waals surface area contributed by atoms with Gasteiger partial charge in [-0.1, -0.05) is 31.9 Å². The third-order valence-corrected chi connectivity index (χ3v) is 3.23. The third-order valence-electron chi connectivity index (χ3n) is 2.05. The molecule has 0 aromatic heterocycles. The van der Waals surface area contributed by atoms with E-state index in [1.807, 2.05) is 0 Å². The fourth-order valence-corrected chi connectivity index (χ4v) is 2.11. The Morgan fingerprint density at radius 3 is 1.16 bits per heavy atom. The Balaban J connectivity index is 5.05. The number of hydrogen-bond acceptors (Lipinski definition) is 1. The van der Waals surface area contributed by atoms with Gasteiger partial charge in [-0.05, 0) is 0 Å². The van der Waals surface area contributed by atoms with Crippen LogP contribution >= 0.6 is 31.9 Å². The molecule has 0 aliphatic heterocycles. The van der Waals surface area contributed by atoms with Gasteiger partial charge in [0.05, 0.1) is 0 Å². The SMILES string of the molecule is FC(F)C(F)(F)C(CBr)OC(CBr)C(F)(F)C(F)F. The number of alkyl halides is 10. The Morgan fingerprint density at radius 2 is 1.00 bits per heavy atom. The van der Waals surface area contributed by atoms with Gasteiger partial charge in [0.15, 0.2) is 0 Å². The van der Waals surface area contributed by atoms with Crippen molar-refractivity contribution in [3.05, 3.63) is 0 Å². The first-order valence-corrected chi connectivity index (χ1v) is 6.85. The maximum atomic E-state index is 12.9. The molecule has 1 nitrogen and oxygen atoms in total. The average molecular weight is 432 g/mol. The quantitative estimate of drug-likeness (QED) is 0.410. The van der Waals surface area contributed by atoms with Crippen molar-refractivity contribution in [2.24, 2.45) is 0 Å². The minimum absolute atomic E-state index is 0.923. The van der Waals surface area contributed by atoms with Crippen molar-refractivity contribution in [3.8, 4) is 0 Å². The predicted molar refractivity (Wildman–Crippen MR) is 58.2 cm³/mol. The molecule has 0 aliphatic rings. The molecule has 0 rings (SSSR count). The van der Waals surface area contributed by atoms with E-state index in [1.54, 1.807) is 0 Å². The van der Waals surface area contributed by atoms with Gasteiger partial charge in [0.2, 0.25) is 0 Å². The molecule has 116 valence electrons. The van der Waals surface area contributed by atoms with E-state index in [2.05, 4.69) is 36.6 Å². The van der Waals surface area contributed by atoms with Crippen LogP contribution in [0.3, 0.4) is 0 Å². The molecule has 2 unspecified atom stereocenters. The molecule has 0 bridgehead atoms. The van der Waals surface area contributed by atoms with Gasteiger partial charge in [-0.3, -0.25) is 0 Å². The summed E-state index contributed by atoms with van der Waals surface area (Å²) in [5, 5.41) is -1.85. The first-order chi connectivity index (χ1) is 8.51. The summed E-state index contributed by atoms with van der Waals surface area (Å²) in [7, 11) is 0. The number of rotatable bonds is 8. The highest BCUT2D eigenvalue weighted by Crippen LogP contribution is 2.36. The summed E-state index contributed by atoms with van der Waals surface area (Å²) in [4.78, 5) is 0. The summed E-state index contributed by atoms with van der Waals surface area (Å²) in [6, 6.07) is 0. The number of hydrogen-bond donors (Lipinski definition) is 0. The minimum atomic E-state index is -4.75. The Bertz CT molecular complexity index is 249. The summed E-state index contributed by atoms with van der Waals surface area (Å²) in [5.74, 6) is -9.50. The van der Waals surface area contributed by atoms with Gasteiger partial charge in [0.1, 0.15) is 12.2 Å². The first kappa shape index (κ1) is 19.4. The Labute approximate surface area is 119 Å². The molecule has 0 saturated heterocycles. The summed E-state index contributed by atoms with van der Waals surface area (Å²) in [6.07, 6.45) is -13.7. The second-order valence-electron chi connectivity index (χ2n) is 3.37. The van der Waals surface area contributed by atoms with Crippen LogP contribution in [0.15, 0.2) is 0 Å². The summed E-state index contributed by atoms with van der Waals surface area (Å²) >= 11 is 4.79. The van der Waals surface area contributed by atoms with Gasteiger partial charge in [-0.2, -0.15) is 17.6 Å². The second-order valence-corrected chi connectivity index (χ2v) is 4.67. The van der Waals surface area contributed by atoms with Crippen LogP contribution in [0, 0.1) is 0 Å². The van der Waals surface area contributed by atoms with Crippen LogP contribution in [0.25, 0.3) is 0 Å². The molecule has 2 atom stereocenters. The molecule has 0 heterocycles. The van der Waals surface area contributed by atoms with E-state index in [4.69, 9.17) is 0 Å². The van der Waals surface area contributed by atoms with Crippen molar-refractivity contribution in [3.63, 3.8) is 0 Å². The lowest BCUT2D eigenvalue weighted by Gasteiger charge is -2.31. The van der Waals surface area contributed by atoms with Crippen LogP contribution in [0.1, 0.15) is 0 Å². The zero-order chi connectivity index (χ0) is 15.4. The molecular weight excluding hydrogens is 424 g/mol. The zero-order valence-electron chi connectivity index (χ0n) is 8.91. The molecule has 0 N–H and O–H groups in total. The van der Waals surface area contributed by atoms with Crippen molar-refractivity contribution in [1.29, 1.82) is 0 Å². The fraction of sp³-hybridized carbons (Fsp3) is 1.00. The predicted octanol–water partition coefficient (Wildman–Crippen LogP) is 4.33. The summed E-state index contributed by atoms with van der Waals surface area (Å²) < 4.78 is 104. The molecule has 0 radical (unpaired) electrons. The molecular formula is C8H8Br2F8O. The van der Waals surface area contributed by atoms with E-state index in [1.165, 1.54) is 0 Å². The van der Waals surface area contributed by atoms with E-state index in [9.17, 15) is 35.1 Å². The van der Waals surface area contributed by atoms with Crippen molar-refractivity contribution in [2.75, 3.05) is 10.7 Å². The Kier molecular flexibility index (Phi) is 7.53. The van der Waals surface area contributed by atoms with E-state index < -0.39 is 47.6 Å². The van der Waals surface area contributed by atoms with Gasteiger partial charge in [0.25, 0.3) is 0 Å². The number of halogens is 10. The monoisotopic (exact) mass is 430 g/mol. The van der Waals surface area contributed by atoms with Gasteiger partial charge in [0, 0.05) is 10.7 Å². The van der Waals surface area contributed by atoms with Crippen molar-refractivity contribution in [1.82, 2.24) is 0 Å². The molecule has 0 fully saturated rings. The molecule has 0 amide bonds. The maximum Gasteiger partial charge on any atom is 0.333 e. The smallest absolute Gasteiger partial charge is 0.333 e. The highest BCUT2D eigenvalue weighted by Gasteiger charge is 2.55. The van der Waals surface area contributed by atoms with Gasteiger partial charge >= 0.3 is 24.7 Å². The molecule has 0 aromatic carbocycles. The molecule has 0 aromatic rings. The molecule has 11 heteroatoms. The van der Waals surface area contributed by atoms with Crippen LogP contribution in [0.2, 0.25) is 0 Å². The van der Waals surface area contributed by atoms with E-state index in [0.717, 1.165) is 0 Å². The topological polar surface area (TPSA) is 9.23 Å². The average Bonchev–Trinajstić information content (AvgIpc) is 2.29. The van der Waals surface area contributed by atoms with Crippen LogP contribution < -0.4 is 0 Å². The lowest BCUT2D eigenvalue weighted by molar-refractivity contribution is -0.256. The molecule has 0 aliphatic carbocycles. The summed E-state index contributed by atoms with van der Waals surface area (Å²) in [6.45, 7) is 0. The van der Waals surface area contributed by atoms with E-state index >= 15 is 0 Å².